The fraction of sp³-hybridized carbons (Fsp3) is 0.136. The number of nitrogens with one attached hydrogen (secondary N) is 2. The normalized spacial score (nSPS) is 11.4. The van der Waals surface area contributed by atoms with Crippen LogP contribution in [0.25, 0.3) is 0 Å². The number of amides is 2. The summed E-state index contributed by atoms with van der Waals surface area (Å²) in [6, 6.07) is 11.6. The van der Waals surface area contributed by atoms with Crippen molar-refractivity contribution in [3.63, 3.8) is 0 Å². The highest BCUT2D eigenvalue weighted by molar-refractivity contribution is 8.00. The van der Waals surface area contributed by atoms with Gasteiger partial charge in [0.05, 0.1) is 16.9 Å². The van der Waals surface area contributed by atoms with Crippen LogP contribution in [-0.4, -0.2) is 41.9 Å². The number of aromatic nitrogens is 1. The Hall–Kier alpha value is -4.08. The molecule has 0 spiro atoms. The lowest BCUT2D eigenvalue weighted by atomic mass is 10.3. The molecule has 0 saturated heterocycles. The van der Waals surface area contributed by atoms with Crippen molar-refractivity contribution in [2.45, 2.75) is 5.03 Å². The van der Waals surface area contributed by atoms with Crippen molar-refractivity contribution >= 4 is 51.6 Å². The van der Waals surface area contributed by atoms with E-state index in [9.17, 15) is 14.4 Å². The molecule has 0 atom stereocenters. The molecule has 1 aliphatic heterocycles. The summed E-state index contributed by atoms with van der Waals surface area (Å²) in [5, 5.41) is 16.6. The van der Waals surface area contributed by atoms with Crippen molar-refractivity contribution < 1.29 is 28.6 Å². The summed E-state index contributed by atoms with van der Waals surface area (Å²) in [4.78, 5) is 41.1. The maximum absolute atomic E-state index is 12.5. The second-order valence-electron chi connectivity index (χ2n) is 6.66. The SMILES string of the molecule is N#Cc1ccsc1NC(=O)COC(=O)c1cccnc1SCC(=O)Nc1ccc2c(c1)OCO2. The molecule has 12 heteroatoms. The number of thiophene rings is 1. The summed E-state index contributed by atoms with van der Waals surface area (Å²) >= 11 is 2.25. The zero-order valence-electron chi connectivity index (χ0n) is 17.4. The summed E-state index contributed by atoms with van der Waals surface area (Å²) in [5.41, 5.74) is 1.01. The number of nitrogens with zero attached hydrogens (tertiary/aromatic N) is 2. The molecule has 0 bridgehead atoms. The van der Waals surface area contributed by atoms with Crippen LogP contribution in [0.3, 0.4) is 0 Å². The van der Waals surface area contributed by atoms with Crippen LogP contribution in [0.1, 0.15) is 15.9 Å². The Bertz CT molecular complexity index is 1290. The molecule has 1 aromatic carbocycles. The van der Waals surface area contributed by atoms with E-state index in [4.69, 9.17) is 19.5 Å². The first-order valence-electron chi connectivity index (χ1n) is 9.75. The molecule has 0 radical (unpaired) electrons. The Labute approximate surface area is 201 Å². The number of carbonyl (C=O) groups excluding carboxylic acids is 3. The van der Waals surface area contributed by atoms with E-state index in [1.165, 1.54) is 23.6 Å². The summed E-state index contributed by atoms with van der Waals surface area (Å²) in [6.45, 7) is -0.400. The number of thioether (sulfide) groups is 1. The largest absolute Gasteiger partial charge is 0.454 e. The van der Waals surface area contributed by atoms with Crippen LogP contribution in [0.15, 0.2) is 53.0 Å². The molecule has 1 aliphatic rings. The zero-order valence-corrected chi connectivity index (χ0v) is 19.0. The topological polar surface area (TPSA) is 140 Å². The molecule has 3 aromatic rings. The molecule has 4 rings (SSSR count). The van der Waals surface area contributed by atoms with E-state index in [0.717, 1.165) is 11.8 Å². The number of esters is 1. The van der Waals surface area contributed by atoms with Gasteiger partial charge in [0.2, 0.25) is 12.7 Å². The number of carbonyl (C=O) groups is 3. The number of rotatable bonds is 8. The quantitative estimate of drug-likeness (QED) is 0.355. The third kappa shape index (κ3) is 5.64. The first-order chi connectivity index (χ1) is 16.5. The first kappa shape index (κ1) is 23.1. The predicted octanol–water partition coefficient (Wildman–Crippen LogP) is 3.27. The number of hydrogen-bond donors (Lipinski definition) is 2. The van der Waals surface area contributed by atoms with Crippen molar-refractivity contribution in [2.75, 3.05) is 29.8 Å². The smallest absolute Gasteiger partial charge is 0.341 e. The zero-order chi connectivity index (χ0) is 23.9. The van der Waals surface area contributed by atoms with Crippen LogP contribution in [0.2, 0.25) is 0 Å². The Morgan fingerprint density at radius 2 is 2.00 bits per heavy atom. The number of ether oxygens (including phenoxy) is 3. The first-order valence-corrected chi connectivity index (χ1v) is 11.6. The van der Waals surface area contributed by atoms with Gasteiger partial charge in [0, 0.05) is 18.0 Å². The van der Waals surface area contributed by atoms with E-state index < -0.39 is 18.5 Å². The summed E-state index contributed by atoms with van der Waals surface area (Å²) in [5.74, 6) is -0.494. The van der Waals surface area contributed by atoms with E-state index in [0.29, 0.717) is 32.8 Å². The molecule has 0 fully saturated rings. The van der Waals surface area contributed by atoms with Crippen LogP contribution in [0.4, 0.5) is 10.7 Å². The number of benzene rings is 1. The Balaban J connectivity index is 1.30. The monoisotopic (exact) mass is 496 g/mol. The minimum atomic E-state index is -0.756. The van der Waals surface area contributed by atoms with Crippen LogP contribution in [0.5, 0.6) is 11.5 Å². The summed E-state index contributed by atoms with van der Waals surface area (Å²) < 4.78 is 15.6. The maximum atomic E-state index is 12.5. The number of anilines is 2. The highest BCUT2D eigenvalue weighted by Gasteiger charge is 2.18. The molecular formula is C22H16N4O6S2. The predicted molar refractivity (Wildman–Crippen MR) is 124 cm³/mol. The van der Waals surface area contributed by atoms with Gasteiger partial charge in [-0.2, -0.15) is 5.26 Å². The van der Waals surface area contributed by atoms with E-state index >= 15 is 0 Å². The van der Waals surface area contributed by atoms with Gasteiger partial charge in [-0.15, -0.1) is 11.3 Å². The second-order valence-corrected chi connectivity index (χ2v) is 8.54. The molecule has 2 amide bonds. The Kier molecular flexibility index (Phi) is 7.26. The standard InChI is InChI=1S/C22H16N4O6S2/c23-9-13-5-7-33-20(13)26-18(27)10-30-22(29)15-2-1-6-24-21(15)34-11-19(28)25-14-3-4-16-17(8-14)32-12-31-16/h1-8H,10-12H2,(H,25,28)(H,26,27). The molecule has 34 heavy (non-hydrogen) atoms. The molecule has 0 unspecified atom stereocenters. The van der Waals surface area contributed by atoms with Crippen molar-refractivity contribution in [3.8, 4) is 17.6 Å². The van der Waals surface area contributed by atoms with Gasteiger partial charge in [-0.1, -0.05) is 11.8 Å². The molecular weight excluding hydrogens is 480 g/mol. The molecule has 0 saturated carbocycles. The lowest BCUT2D eigenvalue weighted by Crippen LogP contribution is -2.21. The average Bonchev–Trinajstić information content (AvgIpc) is 3.50. The Morgan fingerprint density at radius 1 is 1.15 bits per heavy atom. The average molecular weight is 497 g/mol. The molecule has 2 aromatic heterocycles. The van der Waals surface area contributed by atoms with Crippen LogP contribution < -0.4 is 20.1 Å². The highest BCUT2D eigenvalue weighted by atomic mass is 32.2. The van der Waals surface area contributed by atoms with Gasteiger partial charge in [-0.3, -0.25) is 9.59 Å². The number of fused-ring (bicyclic) bond motifs is 1. The molecule has 10 nitrogen and oxygen atoms in total. The minimum Gasteiger partial charge on any atom is -0.454 e. The molecule has 172 valence electrons. The lowest BCUT2D eigenvalue weighted by Gasteiger charge is -2.09. The minimum absolute atomic E-state index is 0.0124. The van der Waals surface area contributed by atoms with Gasteiger partial charge in [0.25, 0.3) is 5.91 Å². The van der Waals surface area contributed by atoms with Crippen LogP contribution in [0, 0.1) is 11.3 Å². The summed E-state index contributed by atoms with van der Waals surface area (Å²) in [6.07, 6.45) is 1.49. The summed E-state index contributed by atoms with van der Waals surface area (Å²) in [7, 11) is 0. The van der Waals surface area contributed by atoms with Gasteiger partial charge < -0.3 is 24.8 Å². The van der Waals surface area contributed by atoms with E-state index in [1.807, 2.05) is 6.07 Å². The van der Waals surface area contributed by atoms with E-state index in [2.05, 4.69) is 15.6 Å². The number of hydrogen-bond acceptors (Lipinski definition) is 10. The number of pyridine rings is 1. The highest BCUT2D eigenvalue weighted by Crippen LogP contribution is 2.34. The van der Waals surface area contributed by atoms with E-state index in [-0.39, 0.29) is 24.0 Å². The van der Waals surface area contributed by atoms with Gasteiger partial charge in [-0.05, 0) is 35.7 Å². The van der Waals surface area contributed by atoms with Gasteiger partial charge in [0.1, 0.15) is 16.1 Å². The van der Waals surface area contributed by atoms with E-state index in [1.54, 1.807) is 35.7 Å². The Morgan fingerprint density at radius 3 is 2.85 bits per heavy atom. The maximum Gasteiger partial charge on any atom is 0.341 e. The molecule has 3 heterocycles. The second kappa shape index (κ2) is 10.7. The molecule has 2 N–H and O–H groups in total. The van der Waals surface area contributed by atoms with Crippen molar-refractivity contribution in [2.24, 2.45) is 0 Å². The molecule has 0 aliphatic carbocycles. The van der Waals surface area contributed by atoms with Crippen molar-refractivity contribution in [1.82, 2.24) is 4.98 Å². The lowest BCUT2D eigenvalue weighted by molar-refractivity contribution is -0.119. The van der Waals surface area contributed by atoms with Crippen molar-refractivity contribution in [1.29, 1.82) is 5.26 Å². The van der Waals surface area contributed by atoms with Crippen LogP contribution in [-0.2, 0) is 14.3 Å². The third-order valence-electron chi connectivity index (χ3n) is 4.36. The number of nitriles is 1. The van der Waals surface area contributed by atoms with Crippen LogP contribution >= 0.6 is 23.1 Å². The fourth-order valence-electron chi connectivity index (χ4n) is 2.83. The fourth-order valence-corrected chi connectivity index (χ4v) is 4.37. The van der Waals surface area contributed by atoms with Gasteiger partial charge in [0.15, 0.2) is 18.1 Å². The van der Waals surface area contributed by atoms with Gasteiger partial charge >= 0.3 is 5.97 Å². The third-order valence-corrected chi connectivity index (χ3v) is 6.20. The van der Waals surface area contributed by atoms with Gasteiger partial charge in [-0.25, -0.2) is 9.78 Å². The van der Waals surface area contributed by atoms with Crippen molar-refractivity contribution in [3.05, 3.63) is 59.1 Å².